The van der Waals surface area contributed by atoms with Crippen molar-refractivity contribution in [3.05, 3.63) is 64.2 Å². The zero-order valence-electron chi connectivity index (χ0n) is 16.3. The molecule has 1 aliphatic rings. The van der Waals surface area contributed by atoms with E-state index in [1.807, 2.05) is 38.1 Å². The number of carbonyl (C=O) groups is 2. The molecule has 0 radical (unpaired) electrons. The molecule has 0 aromatic heterocycles. The Morgan fingerprint density at radius 3 is 2.56 bits per heavy atom. The van der Waals surface area contributed by atoms with Crippen LogP contribution in [0.15, 0.2) is 36.4 Å². The normalized spacial score (nSPS) is 14.2. The summed E-state index contributed by atoms with van der Waals surface area (Å²) >= 11 is 0. The van der Waals surface area contributed by atoms with Crippen molar-refractivity contribution in [3.8, 4) is 0 Å². The molecule has 2 aromatic rings. The van der Waals surface area contributed by atoms with Crippen molar-refractivity contribution in [2.75, 3.05) is 5.32 Å². The third-order valence-electron chi connectivity index (χ3n) is 5.09. The van der Waals surface area contributed by atoms with Crippen molar-refractivity contribution in [1.82, 2.24) is 0 Å². The monoisotopic (exact) mass is 365 g/mol. The topological polar surface area (TPSA) is 55.4 Å². The van der Waals surface area contributed by atoms with Gasteiger partial charge in [0.15, 0.2) is 6.10 Å². The summed E-state index contributed by atoms with van der Waals surface area (Å²) in [5.74, 6) is -0.697. The number of amides is 1. The Kier molecular flexibility index (Phi) is 5.94. The van der Waals surface area contributed by atoms with Crippen molar-refractivity contribution in [1.29, 1.82) is 0 Å². The van der Waals surface area contributed by atoms with Crippen LogP contribution in [0.25, 0.3) is 0 Å². The number of esters is 1. The highest BCUT2D eigenvalue weighted by Gasteiger charge is 2.19. The van der Waals surface area contributed by atoms with Crippen LogP contribution < -0.4 is 5.32 Å². The second kappa shape index (κ2) is 8.38. The molecule has 0 aliphatic heterocycles. The highest BCUT2D eigenvalue weighted by molar-refractivity contribution is 5.95. The van der Waals surface area contributed by atoms with Gasteiger partial charge in [-0.25, -0.2) is 0 Å². The molecule has 0 saturated heterocycles. The molecule has 1 N–H and O–H groups in total. The van der Waals surface area contributed by atoms with Gasteiger partial charge in [0.1, 0.15) is 0 Å². The van der Waals surface area contributed by atoms with Crippen LogP contribution in [0.5, 0.6) is 0 Å². The van der Waals surface area contributed by atoms with E-state index in [9.17, 15) is 9.59 Å². The minimum atomic E-state index is -0.838. The SMILES string of the molecule is Cc1ccc(C)c(NC(=O)[C@@H](C)OC(=O)Cc2ccc3c(c2)CCCC3)c1. The van der Waals surface area contributed by atoms with Gasteiger partial charge in [0.2, 0.25) is 0 Å². The third-order valence-corrected chi connectivity index (χ3v) is 5.09. The van der Waals surface area contributed by atoms with Crippen LogP contribution in [-0.2, 0) is 33.6 Å². The van der Waals surface area contributed by atoms with Gasteiger partial charge in [-0.2, -0.15) is 0 Å². The van der Waals surface area contributed by atoms with E-state index in [0.29, 0.717) is 0 Å². The molecular weight excluding hydrogens is 338 g/mol. The number of hydrogen-bond donors (Lipinski definition) is 1. The first-order valence-corrected chi connectivity index (χ1v) is 9.60. The van der Waals surface area contributed by atoms with Crippen molar-refractivity contribution < 1.29 is 14.3 Å². The fourth-order valence-electron chi connectivity index (χ4n) is 3.46. The second-order valence-corrected chi connectivity index (χ2v) is 7.43. The fourth-order valence-corrected chi connectivity index (χ4v) is 3.46. The Bertz CT molecular complexity index is 857. The van der Waals surface area contributed by atoms with E-state index in [2.05, 4.69) is 17.4 Å². The lowest BCUT2D eigenvalue weighted by Gasteiger charge is -2.17. The van der Waals surface area contributed by atoms with Crippen LogP contribution in [0.3, 0.4) is 0 Å². The van der Waals surface area contributed by atoms with Crippen LogP contribution >= 0.6 is 0 Å². The zero-order chi connectivity index (χ0) is 19.4. The molecule has 3 rings (SSSR count). The summed E-state index contributed by atoms with van der Waals surface area (Å²) < 4.78 is 5.35. The Morgan fingerprint density at radius 2 is 1.78 bits per heavy atom. The molecule has 1 atom stereocenters. The fraction of sp³-hybridized carbons (Fsp3) is 0.391. The van der Waals surface area contributed by atoms with Crippen molar-refractivity contribution in [3.63, 3.8) is 0 Å². The average Bonchev–Trinajstić information content (AvgIpc) is 2.64. The van der Waals surface area contributed by atoms with Crippen molar-refractivity contribution >= 4 is 17.6 Å². The molecule has 142 valence electrons. The summed E-state index contributed by atoms with van der Waals surface area (Å²) in [6.07, 6.45) is 3.99. The molecule has 1 amide bonds. The van der Waals surface area contributed by atoms with Crippen LogP contribution in [-0.4, -0.2) is 18.0 Å². The first-order chi connectivity index (χ1) is 12.9. The van der Waals surface area contributed by atoms with Crippen LogP contribution in [0.1, 0.15) is 47.6 Å². The summed E-state index contributed by atoms with van der Waals surface area (Å²) in [4.78, 5) is 24.6. The van der Waals surface area contributed by atoms with Gasteiger partial charge in [-0.15, -0.1) is 0 Å². The highest BCUT2D eigenvalue weighted by atomic mass is 16.5. The molecule has 4 nitrogen and oxygen atoms in total. The van der Waals surface area contributed by atoms with Gasteiger partial charge in [0, 0.05) is 5.69 Å². The number of anilines is 1. The van der Waals surface area contributed by atoms with Gasteiger partial charge in [0.05, 0.1) is 6.42 Å². The van der Waals surface area contributed by atoms with Gasteiger partial charge in [-0.3, -0.25) is 9.59 Å². The van der Waals surface area contributed by atoms with Crippen LogP contribution in [0, 0.1) is 13.8 Å². The highest BCUT2D eigenvalue weighted by Crippen LogP contribution is 2.22. The van der Waals surface area contributed by atoms with Gasteiger partial charge >= 0.3 is 5.97 Å². The van der Waals surface area contributed by atoms with E-state index in [1.54, 1.807) is 6.92 Å². The summed E-state index contributed by atoms with van der Waals surface area (Å²) in [6, 6.07) is 12.1. The molecule has 4 heteroatoms. The summed E-state index contributed by atoms with van der Waals surface area (Å²) in [5, 5.41) is 2.84. The van der Waals surface area contributed by atoms with Crippen molar-refractivity contribution in [2.24, 2.45) is 0 Å². The summed E-state index contributed by atoms with van der Waals surface area (Å²) in [5.41, 5.74) is 6.46. The number of rotatable bonds is 5. The Hall–Kier alpha value is -2.62. The standard InChI is InChI=1S/C23H27NO3/c1-15-8-9-16(2)21(12-15)24-23(26)17(3)27-22(25)14-18-10-11-19-6-4-5-7-20(19)13-18/h8-13,17H,4-7,14H2,1-3H3,(H,24,26)/t17-/m1/s1. The summed E-state index contributed by atoms with van der Waals surface area (Å²) in [7, 11) is 0. The van der Waals surface area contributed by atoms with E-state index < -0.39 is 6.10 Å². The molecule has 27 heavy (non-hydrogen) atoms. The lowest BCUT2D eigenvalue weighted by molar-refractivity contribution is -0.152. The van der Waals surface area contributed by atoms with Crippen LogP contribution in [0.4, 0.5) is 5.69 Å². The summed E-state index contributed by atoms with van der Waals surface area (Å²) in [6.45, 7) is 5.50. The molecule has 0 unspecified atom stereocenters. The maximum Gasteiger partial charge on any atom is 0.311 e. The van der Waals surface area contributed by atoms with Crippen LogP contribution in [0.2, 0.25) is 0 Å². The molecule has 0 bridgehead atoms. The number of nitrogens with one attached hydrogen (secondary N) is 1. The zero-order valence-corrected chi connectivity index (χ0v) is 16.3. The predicted molar refractivity (Wildman–Crippen MR) is 107 cm³/mol. The number of benzene rings is 2. The van der Waals surface area contributed by atoms with E-state index in [4.69, 9.17) is 4.74 Å². The molecule has 1 aliphatic carbocycles. The number of carbonyl (C=O) groups excluding carboxylic acids is 2. The first-order valence-electron chi connectivity index (χ1n) is 9.60. The second-order valence-electron chi connectivity index (χ2n) is 7.43. The average molecular weight is 365 g/mol. The predicted octanol–water partition coefficient (Wildman–Crippen LogP) is 4.30. The van der Waals surface area contributed by atoms with E-state index in [1.165, 1.54) is 24.0 Å². The Labute approximate surface area is 160 Å². The maximum atomic E-state index is 12.4. The molecule has 2 aromatic carbocycles. The largest absolute Gasteiger partial charge is 0.452 e. The quantitative estimate of drug-likeness (QED) is 0.804. The van der Waals surface area contributed by atoms with Gasteiger partial charge in [-0.05, 0) is 80.3 Å². The third kappa shape index (κ3) is 4.97. The first kappa shape index (κ1) is 19.2. The minimum Gasteiger partial charge on any atom is -0.452 e. The molecule has 0 spiro atoms. The van der Waals surface area contributed by atoms with E-state index in [-0.39, 0.29) is 18.3 Å². The molecular formula is C23H27NO3. The van der Waals surface area contributed by atoms with E-state index in [0.717, 1.165) is 35.2 Å². The smallest absolute Gasteiger partial charge is 0.311 e. The van der Waals surface area contributed by atoms with Crippen molar-refractivity contribution in [2.45, 2.75) is 59.0 Å². The molecule has 0 heterocycles. The number of ether oxygens (including phenoxy) is 1. The number of aryl methyl sites for hydroxylation is 4. The van der Waals surface area contributed by atoms with E-state index >= 15 is 0 Å². The number of fused-ring (bicyclic) bond motifs is 1. The number of hydrogen-bond acceptors (Lipinski definition) is 3. The Balaban J connectivity index is 1.57. The van der Waals surface area contributed by atoms with Gasteiger partial charge in [-0.1, -0.05) is 30.3 Å². The minimum absolute atomic E-state index is 0.189. The lowest BCUT2D eigenvalue weighted by Crippen LogP contribution is -2.30. The van der Waals surface area contributed by atoms with Gasteiger partial charge < -0.3 is 10.1 Å². The van der Waals surface area contributed by atoms with Gasteiger partial charge in [0.25, 0.3) is 5.91 Å². The Morgan fingerprint density at radius 1 is 1.04 bits per heavy atom. The molecule has 0 saturated carbocycles. The lowest BCUT2D eigenvalue weighted by atomic mass is 9.90. The molecule has 0 fully saturated rings. The maximum absolute atomic E-state index is 12.4.